The van der Waals surface area contributed by atoms with Crippen molar-refractivity contribution in [2.75, 3.05) is 46.3 Å². The number of aliphatic imine (C=N–C) groups is 1. The molecular formula is C18H40IN5. The van der Waals surface area contributed by atoms with Gasteiger partial charge in [0, 0.05) is 38.8 Å². The molecule has 0 bridgehead atoms. The monoisotopic (exact) mass is 453 g/mol. The molecule has 0 aromatic heterocycles. The number of halogens is 1. The molecule has 1 rings (SSSR count). The molecule has 0 saturated carbocycles. The van der Waals surface area contributed by atoms with E-state index in [1.807, 2.05) is 7.05 Å². The third-order valence-corrected chi connectivity index (χ3v) is 5.14. The summed E-state index contributed by atoms with van der Waals surface area (Å²) in [6.07, 6.45) is 5.39. The Kier molecular flexibility index (Phi) is 14.1. The van der Waals surface area contributed by atoms with Crippen LogP contribution in [-0.2, 0) is 0 Å². The normalized spacial score (nSPS) is 20.6. The number of hydrogen-bond acceptors (Lipinski definition) is 3. The van der Waals surface area contributed by atoms with E-state index in [0.717, 1.165) is 44.7 Å². The molecule has 0 amide bonds. The Hall–Kier alpha value is -0.0800. The van der Waals surface area contributed by atoms with Crippen LogP contribution in [0.5, 0.6) is 0 Å². The van der Waals surface area contributed by atoms with Crippen molar-refractivity contribution in [3.63, 3.8) is 0 Å². The summed E-state index contributed by atoms with van der Waals surface area (Å²) < 4.78 is 0. The van der Waals surface area contributed by atoms with Gasteiger partial charge in [-0.25, -0.2) is 0 Å². The fourth-order valence-corrected chi connectivity index (χ4v) is 3.58. The van der Waals surface area contributed by atoms with E-state index in [-0.39, 0.29) is 24.0 Å². The largest absolute Gasteiger partial charge is 0.355 e. The van der Waals surface area contributed by atoms with Crippen LogP contribution < -0.4 is 10.6 Å². The molecule has 0 radical (unpaired) electrons. The summed E-state index contributed by atoms with van der Waals surface area (Å²) in [5.41, 5.74) is 0. The SMILES string of the molecule is CCC1CCCCN1CCNC(=NC)NCC(C)N(CC)CC.I. The summed E-state index contributed by atoms with van der Waals surface area (Å²) in [6, 6.07) is 1.30. The van der Waals surface area contributed by atoms with Crippen molar-refractivity contribution in [2.24, 2.45) is 4.99 Å². The second-order valence-corrected chi connectivity index (χ2v) is 6.54. The molecule has 0 spiro atoms. The molecule has 2 N–H and O–H groups in total. The lowest BCUT2D eigenvalue weighted by Gasteiger charge is -2.35. The molecule has 144 valence electrons. The van der Waals surface area contributed by atoms with Gasteiger partial charge in [0.15, 0.2) is 5.96 Å². The first-order chi connectivity index (χ1) is 11.2. The van der Waals surface area contributed by atoms with E-state index in [4.69, 9.17) is 0 Å². The van der Waals surface area contributed by atoms with Crippen LogP contribution in [0.4, 0.5) is 0 Å². The molecule has 24 heavy (non-hydrogen) atoms. The van der Waals surface area contributed by atoms with Crippen LogP contribution in [-0.4, -0.2) is 74.2 Å². The zero-order valence-electron chi connectivity index (χ0n) is 16.5. The van der Waals surface area contributed by atoms with Crippen LogP contribution in [0.25, 0.3) is 0 Å². The summed E-state index contributed by atoms with van der Waals surface area (Å²) in [5.74, 6) is 0.925. The Morgan fingerprint density at radius 3 is 2.50 bits per heavy atom. The number of guanidine groups is 1. The van der Waals surface area contributed by atoms with Gasteiger partial charge >= 0.3 is 0 Å². The maximum Gasteiger partial charge on any atom is 0.191 e. The number of piperidine rings is 1. The molecule has 1 aliphatic heterocycles. The predicted octanol–water partition coefficient (Wildman–Crippen LogP) is 2.76. The van der Waals surface area contributed by atoms with E-state index in [9.17, 15) is 0 Å². The fraction of sp³-hybridized carbons (Fsp3) is 0.944. The molecule has 5 nitrogen and oxygen atoms in total. The first-order valence-electron chi connectivity index (χ1n) is 9.58. The summed E-state index contributed by atoms with van der Waals surface area (Å²) >= 11 is 0. The second kappa shape index (κ2) is 14.1. The molecule has 1 heterocycles. The Balaban J connectivity index is 0.00000529. The van der Waals surface area contributed by atoms with E-state index >= 15 is 0 Å². The highest BCUT2D eigenvalue weighted by molar-refractivity contribution is 14.0. The third kappa shape index (κ3) is 8.34. The van der Waals surface area contributed by atoms with Gasteiger partial charge in [-0.3, -0.25) is 14.8 Å². The van der Waals surface area contributed by atoms with Gasteiger partial charge in [-0.2, -0.15) is 0 Å². The maximum absolute atomic E-state index is 4.35. The summed E-state index contributed by atoms with van der Waals surface area (Å²) in [6.45, 7) is 15.5. The van der Waals surface area contributed by atoms with Crippen LogP contribution in [0, 0.1) is 0 Å². The van der Waals surface area contributed by atoms with Gasteiger partial charge in [-0.05, 0) is 45.8 Å². The molecule has 0 aliphatic carbocycles. The zero-order valence-corrected chi connectivity index (χ0v) is 18.8. The smallest absolute Gasteiger partial charge is 0.191 e. The van der Waals surface area contributed by atoms with Crippen LogP contribution in [0.1, 0.15) is 53.4 Å². The quantitative estimate of drug-likeness (QED) is 0.320. The minimum Gasteiger partial charge on any atom is -0.355 e. The number of nitrogens with one attached hydrogen (secondary N) is 2. The number of rotatable bonds is 9. The molecule has 0 aromatic carbocycles. The van der Waals surface area contributed by atoms with Crippen LogP contribution in [0.15, 0.2) is 4.99 Å². The van der Waals surface area contributed by atoms with Crippen molar-refractivity contribution >= 4 is 29.9 Å². The van der Waals surface area contributed by atoms with Gasteiger partial charge in [0.1, 0.15) is 0 Å². The molecule has 1 aliphatic rings. The summed E-state index contributed by atoms with van der Waals surface area (Å²) in [5, 5.41) is 6.93. The molecule has 1 fully saturated rings. The average molecular weight is 453 g/mol. The van der Waals surface area contributed by atoms with Crippen molar-refractivity contribution in [1.82, 2.24) is 20.4 Å². The van der Waals surface area contributed by atoms with Crippen molar-refractivity contribution in [3.8, 4) is 0 Å². The topological polar surface area (TPSA) is 42.9 Å². The Labute approximate surface area is 167 Å². The fourth-order valence-electron chi connectivity index (χ4n) is 3.58. The van der Waals surface area contributed by atoms with E-state index in [1.165, 1.54) is 32.2 Å². The Bertz CT molecular complexity index is 333. The number of likely N-dealkylation sites (N-methyl/N-ethyl adjacent to an activating group) is 1. The van der Waals surface area contributed by atoms with E-state index in [2.05, 4.69) is 53.1 Å². The van der Waals surface area contributed by atoms with E-state index in [1.54, 1.807) is 0 Å². The predicted molar refractivity (Wildman–Crippen MR) is 117 cm³/mol. The molecule has 1 saturated heterocycles. The summed E-state index contributed by atoms with van der Waals surface area (Å²) in [7, 11) is 1.85. The van der Waals surface area contributed by atoms with E-state index < -0.39 is 0 Å². The number of hydrogen-bond donors (Lipinski definition) is 2. The van der Waals surface area contributed by atoms with Crippen LogP contribution in [0.2, 0.25) is 0 Å². The van der Waals surface area contributed by atoms with E-state index in [0.29, 0.717) is 6.04 Å². The zero-order chi connectivity index (χ0) is 17.1. The van der Waals surface area contributed by atoms with Crippen molar-refractivity contribution < 1.29 is 0 Å². The molecule has 2 unspecified atom stereocenters. The third-order valence-electron chi connectivity index (χ3n) is 5.14. The van der Waals surface area contributed by atoms with Gasteiger partial charge in [-0.15, -0.1) is 24.0 Å². The molecular weight excluding hydrogens is 413 g/mol. The lowest BCUT2D eigenvalue weighted by Crippen LogP contribution is -2.48. The first-order valence-corrected chi connectivity index (χ1v) is 9.58. The Morgan fingerprint density at radius 2 is 1.92 bits per heavy atom. The summed E-state index contributed by atoms with van der Waals surface area (Å²) in [4.78, 5) is 9.45. The minimum atomic E-state index is 0. The van der Waals surface area contributed by atoms with Gasteiger partial charge in [0.05, 0.1) is 0 Å². The maximum atomic E-state index is 4.35. The van der Waals surface area contributed by atoms with Crippen molar-refractivity contribution in [1.29, 1.82) is 0 Å². The minimum absolute atomic E-state index is 0. The van der Waals surface area contributed by atoms with Gasteiger partial charge in [0.2, 0.25) is 0 Å². The first kappa shape index (κ1) is 23.9. The molecule has 6 heteroatoms. The standard InChI is InChI=1S/C18H39N5.HI/c1-6-17-11-9-10-13-23(17)14-12-20-18(19-5)21-15-16(4)22(7-2)8-3;/h16-17H,6-15H2,1-5H3,(H2,19,20,21);1H. The number of likely N-dealkylation sites (tertiary alicyclic amines) is 1. The molecule has 0 aromatic rings. The van der Waals surface area contributed by atoms with Crippen molar-refractivity contribution in [3.05, 3.63) is 0 Å². The van der Waals surface area contributed by atoms with Crippen LogP contribution >= 0.6 is 24.0 Å². The highest BCUT2D eigenvalue weighted by Crippen LogP contribution is 2.18. The molecule has 2 atom stereocenters. The number of nitrogens with zero attached hydrogens (tertiary/aromatic N) is 3. The highest BCUT2D eigenvalue weighted by atomic mass is 127. The second-order valence-electron chi connectivity index (χ2n) is 6.54. The van der Waals surface area contributed by atoms with Crippen molar-refractivity contribution in [2.45, 2.75) is 65.5 Å². The van der Waals surface area contributed by atoms with Crippen LogP contribution in [0.3, 0.4) is 0 Å². The van der Waals surface area contributed by atoms with Gasteiger partial charge in [0.25, 0.3) is 0 Å². The highest BCUT2D eigenvalue weighted by Gasteiger charge is 2.20. The average Bonchev–Trinajstić information content (AvgIpc) is 2.59. The Morgan fingerprint density at radius 1 is 1.21 bits per heavy atom. The lowest BCUT2D eigenvalue weighted by atomic mass is 10.0. The lowest BCUT2D eigenvalue weighted by molar-refractivity contribution is 0.147. The van der Waals surface area contributed by atoms with Gasteiger partial charge in [-0.1, -0.05) is 27.2 Å². The van der Waals surface area contributed by atoms with Gasteiger partial charge < -0.3 is 10.6 Å².